The summed E-state index contributed by atoms with van der Waals surface area (Å²) in [6, 6.07) is 0. The topological polar surface area (TPSA) is 9.23 Å². The minimum absolute atomic E-state index is 0. The van der Waals surface area contributed by atoms with Crippen LogP contribution < -0.4 is 18.9 Å². The fourth-order valence-electron chi connectivity index (χ4n) is 1.72. The predicted octanol–water partition coefficient (Wildman–Crippen LogP) is 2.58. The van der Waals surface area contributed by atoms with E-state index >= 15 is 0 Å². The fourth-order valence-corrected chi connectivity index (χ4v) is 2.77. The Balaban J connectivity index is 0. The second kappa shape index (κ2) is 11.0. The zero-order valence-electron chi connectivity index (χ0n) is 14.9. The van der Waals surface area contributed by atoms with Crippen molar-refractivity contribution in [3.8, 4) is 5.92 Å². The maximum absolute atomic E-state index is 7.43. The maximum atomic E-state index is 7.43. The molecule has 0 rings (SSSR count). The standard InChI is InChI=1S/C17H33OSi.Li/c1-8-10-11-12-13-14-16(9-2)15-18-19(6,7)17(3,4)5;/h16H,8,10-15H2,1,3-7H3;/q-1;+1. The van der Waals surface area contributed by atoms with Gasteiger partial charge in [0, 0.05) is 12.5 Å². The van der Waals surface area contributed by atoms with Crippen molar-refractivity contribution in [1.82, 2.24) is 0 Å². The van der Waals surface area contributed by atoms with E-state index in [0.29, 0.717) is 6.61 Å². The van der Waals surface area contributed by atoms with Crippen molar-refractivity contribution in [2.45, 2.75) is 84.4 Å². The van der Waals surface area contributed by atoms with Gasteiger partial charge in [-0.2, -0.15) is 0 Å². The molecule has 0 N–H and O–H groups in total. The monoisotopic (exact) mass is 288 g/mol. The molecule has 112 valence electrons. The summed E-state index contributed by atoms with van der Waals surface area (Å²) in [7, 11) is -1.67. The summed E-state index contributed by atoms with van der Waals surface area (Å²) >= 11 is 0. The molecule has 0 aliphatic rings. The SMILES string of the molecule is [C-]#CC(CCCCCCC)CO[Si](C)(C)C(C)(C)C.[Li+]. The van der Waals surface area contributed by atoms with Crippen LogP contribution in [-0.4, -0.2) is 14.9 Å². The number of hydrogen-bond acceptors (Lipinski definition) is 1. The zero-order chi connectivity index (χ0) is 14.9. The quantitative estimate of drug-likeness (QED) is 0.274. The van der Waals surface area contributed by atoms with E-state index in [1.165, 1.54) is 32.1 Å². The van der Waals surface area contributed by atoms with Crippen LogP contribution >= 0.6 is 0 Å². The van der Waals surface area contributed by atoms with Crippen LogP contribution in [0.25, 0.3) is 0 Å². The molecule has 0 saturated heterocycles. The van der Waals surface area contributed by atoms with E-state index in [-0.39, 0.29) is 29.8 Å². The minimum Gasteiger partial charge on any atom is -0.693 e. The zero-order valence-corrected chi connectivity index (χ0v) is 15.9. The Morgan fingerprint density at radius 2 is 1.65 bits per heavy atom. The average Bonchev–Trinajstić information content (AvgIpc) is 2.31. The molecule has 0 spiro atoms. The van der Waals surface area contributed by atoms with Crippen LogP contribution in [0.15, 0.2) is 0 Å². The van der Waals surface area contributed by atoms with E-state index in [1.54, 1.807) is 0 Å². The first-order valence-corrected chi connectivity index (χ1v) is 10.7. The Morgan fingerprint density at radius 1 is 1.10 bits per heavy atom. The molecule has 1 nitrogen and oxygen atoms in total. The maximum Gasteiger partial charge on any atom is 1.00 e. The molecule has 0 aromatic heterocycles. The predicted molar refractivity (Wildman–Crippen MR) is 87.1 cm³/mol. The molecule has 0 aliphatic carbocycles. The molecule has 20 heavy (non-hydrogen) atoms. The Kier molecular flexibility index (Phi) is 12.4. The van der Waals surface area contributed by atoms with Gasteiger partial charge < -0.3 is 16.8 Å². The largest absolute Gasteiger partial charge is 1.00 e. The van der Waals surface area contributed by atoms with E-state index in [0.717, 1.165) is 6.42 Å². The van der Waals surface area contributed by atoms with Crippen molar-refractivity contribution in [3.05, 3.63) is 6.42 Å². The molecule has 0 heterocycles. The summed E-state index contributed by atoms with van der Waals surface area (Å²) in [6.07, 6.45) is 14.9. The van der Waals surface area contributed by atoms with E-state index in [2.05, 4.69) is 46.7 Å². The molecule has 1 atom stereocenters. The number of hydrogen-bond donors (Lipinski definition) is 0. The first-order valence-electron chi connectivity index (χ1n) is 7.81. The third-order valence-corrected chi connectivity index (χ3v) is 8.81. The van der Waals surface area contributed by atoms with E-state index in [1.807, 2.05) is 0 Å². The van der Waals surface area contributed by atoms with Crippen LogP contribution in [0.5, 0.6) is 0 Å². The number of rotatable bonds is 9. The molecule has 0 aliphatic heterocycles. The van der Waals surface area contributed by atoms with Crippen LogP contribution in [0.4, 0.5) is 0 Å². The first kappa shape index (κ1) is 22.6. The molecule has 1 unspecified atom stereocenters. The van der Waals surface area contributed by atoms with Gasteiger partial charge in [0.05, 0.1) is 0 Å². The van der Waals surface area contributed by atoms with Gasteiger partial charge >= 0.3 is 18.9 Å². The Hall–Kier alpha value is 0.334. The summed E-state index contributed by atoms with van der Waals surface area (Å²) in [5.74, 6) is 2.85. The van der Waals surface area contributed by atoms with Crippen LogP contribution in [0.1, 0.15) is 66.2 Å². The molecule has 0 amide bonds. The molecular formula is C17H33LiOSi. The molecular weight excluding hydrogens is 255 g/mol. The summed E-state index contributed by atoms with van der Waals surface area (Å²) in [6.45, 7) is 14.2. The Bertz CT molecular complexity index is 276. The Labute approximate surface area is 140 Å². The van der Waals surface area contributed by atoms with Gasteiger partial charge in [-0.15, -0.1) is 0 Å². The molecule has 0 saturated carbocycles. The summed E-state index contributed by atoms with van der Waals surface area (Å²) in [4.78, 5) is 0. The van der Waals surface area contributed by atoms with Crippen molar-refractivity contribution >= 4 is 8.32 Å². The van der Waals surface area contributed by atoms with Crippen LogP contribution in [-0.2, 0) is 4.43 Å². The van der Waals surface area contributed by atoms with Gasteiger partial charge in [0.1, 0.15) is 0 Å². The normalized spacial score (nSPS) is 13.4. The third-order valence-electron chi connectivity index (χ3n) is 4.31. The van der Waals surface area contributed by atoms with Crippen LogP contribution in [0.2, 0.25) is 18.1 Å². The molecule has 0 aromatic rings. The molecule has 0 aromatic carbocycles. The smallest absolute Gasteiger partial charge is 0.693 e. The molecule has 0 fully saturated rings. The third kappa shape index (κ3) is 9.30. The van der Waals surface area contributed by atoms with Gasteiger partial charge in [0.2, 0.25) is 0 Å². The first-order chi connectivity index (χ1) is 8.74. The summed E-state index contributed by atoms with van der Waals surface area (Å²) in [5, 5.41) is 0.251. The van der Waals surface area contributed by atoms with E-state index in [4.69, 9.17) is 10.8 Å². The number of unbranched alkanes of at least 4 members (excludes halogenated alkanes) is 4. The van der Waals surface area contributed by atoms with Crippen molar-refractivity contribution in [3.63, 3.8) is 0 Å². The molecule has 0 bridgehead atoms. The van der Waals surface area contributed by atoms with Crippen molar-refractivity contribution in [2.24, 2.45) is 5.92 Å². The average molecular weight is 288 g/mol. The van der Waals surface area contributed by atoms with Crippen molar-refractivity contribution in [1.29, 1.82) is 0 Å². The molecule has 3 heteroatoms. The second-order valence-electron chi connectivity index (χ2n) is 7.12. The van der Waals surface area contributed by atoms with E-state index in [9.17, 15) is 0 Å². The van der Waals surface area contributed by atoms with Gasteiger partial charge in [-0.3, -0.25) is 0 Å². The summed E-state index contributed by atoms with van der Waals surface area (Å²) in [5.41, 5.74) is 0. The summed E-state index contributed by atoms with van der Waals surface area (Å²) < 4.78 is 6.18. The minimum atomic E-state index is -1.67. The van der Waals surface area contributed by atoms with Crippen LogP contribution in [0.3, 0.4) is 0 Å². The van der Waals surface area contributed by atoms with E-state index < -0.39 is 8.32 Å². The second-order valence-corrected chi connectivity index (χ2v) is 11.9. The molecule has 0 radical (unpaired) electrons. The van der Waals surface area contributed by atoms with Gasteiger partial charge in [0.25, 0.3) is 0 Å². The Morgan fingerprint density at radius 3 is 2.10 bits per heavy atom. The van der Waals surface area contributed by atoms with Gasteiger partial charge in [-0.1, -0.05) is 59.8 Å². The van der Waals surface area contributed by atoms with Gasteiger partial charge in [-0.25, -0.2) is 0 Å². The van der Waals surface area contributed by atoms with Crippen LogP contribution in [0, 0.1) is 18.3 Å². The fraction of sp³-hybridized carbons (Fsp3) is 0.882. The van der Waals surface area contributed by atoms with Gasteiger partial charge in [0.15, 0.2) is 8.32 Å². The van der Waals surface area contributed by atoms with Crippen molar-refractivity contribution < 1.29 is 23.3 Å². The van der Waals surface area contributed by atoms with Gasteiger partial charge in [-0.05, 0) is 24.6 Å². The van der Waals surface area contributed by atoms with Crippen molar-refractivity contribution in [2.75, 3.05) is 6.61 Å².